The van der Waals surface area contributed by atoms with Crippen LogP contribution in [0.4, 0.5) is 11.4 Å². The number of para-hydroxylation sites is 1. The molecule has 0 spiro atoms. The largest absolute Gasteiger partial charge is 0.378 e. The van der Waals surface area contributed by atoms with Gasteiger partial charge in [-0.3, -0.25) is 9.59 Å². The number of hydrogen-bond acceptors (Lipinski definition) is 5. The van der Waals surface area contributed by atoms with Crippen molar-refractivity contribution in [3.05, 3.63) is 59.7 Å². The molecule has 0 radical (unpaired) electrons. The van der Waals surface area contributed by atoms with Crippen molar-refractivity contribution in [1.82, 2.24) is 15.1 Å². The average molecular weight is 562 g/mol. The van der Waals surface area contributed by atoms with Gasteiger partial charge in [-0.25, -0.2) is 0 Å². The van der Waals surface area contributed by atoms with Gasteiger partial charge >= 0.3 is 0 Å². The van der Waals surface area contributed by atoms with Gasteiger partial charge in [0.25, 0.3) is 0 Å². The van der Waals surface area contributed by atoms with Crippen molar-refractivity contribution in [3.63, 3.8) is 0 Å². The first-order valence-corrected chi connectivity index (χ1v) is 15.8. The molecule has 7 nitrogen and oxygen atoms in total. The highest BCUT2D eigenvalue weighted by molar-refractivity contribution is 5.89. The number of nitrogens with zero attached hydrogens (tertiary/aromatic N) is 4. The quantitative estimate of drug-likeness (QED) is 0.362. The lowest BCUT2D eigenvalue weighted by Gasteiger charge is -2.36. The smallest absolute Gasteiger partial charge is 0.247 e. The SMILES string of the molecule is CCN(CC)CCN(C(=O)CCN1CCCc2ccccc21)C(C(=O)NC1CCCCC1)c1ccc(N(C)C)cc1. The van der Waals surface area contributed by atoms with Gasteiger partial charge in [0.2, 0.25) is 11.8 Å². The number of amides is 2. The molecule has 2 aliphatic rings. The van der Waals surface area contributed by atoms with Crippen LogP contribution in [0.25, 0.3) is 0 Å². The van der Waals surface area contributed by atoms with Gasteiger partial charge in [-0.15, -0.1) is 0 Å². The zero-order valence-electron chi connectivity index (χ0n) is 25.8. The molecule has 41 heavy (non-hydrogen) atoms. The molecule has 2 amide bonds. The van der Waals surface area contributed by atoms with Crippen LogP contribution < -0.4 is 15.1 Å². The Labute approximate surface area is 247 Å². The minimum Gasteiger partial charge on any atom is -0.378 e. The molecule has 1 heterocycles. The van der Waals surface area contributed by atoms with Gasteiger partial charge in [-0.05, 0) is 68.1 Å². The summed E-state index contributed by atoms with van der Waals surface area (Å²) in [7, 11) is 4.03. The molecule has 4 rings (SSSR count). The van der Waals surface area contributed by atoms with Gasteiger partial charge in [-0.1, -0.05) is 63.4 Å². The van der Waals surface area contributed by atoms with Crippen molar-refractivity contribution < 1.29 is 9.59 Å². The molecule has 1 N–H and O–H groups in total. The third-order valence-corrected chi connectivity index (χ3v) is 8.91. The van der Waals surface area contributed by atoms with Crippen molar-refractivity contribution in [2.45, 2.75) is 77.3 Å². The lowest BCUT2D eigenvalue weighted by Crippen LogP contribution is -2.49. The minimum absolute atomic E-state index is 0.0423. The molecule has 2 aromatic carbocycles. The summed E-state index contributed by atoms with van der Waals surface area (Å²) < 4.78 is 0. The van der Waals surface area contributed by atoms with E-state index in [0.29, 0.717) is 19.5 Å². The van der Waals surface area contributed by atoms with Crippen molar-refractivity contribution >= 4 is 23.2 Å². The average Bonchev–Trinajstić information content (AvgIpc) is 3.00. The van der Waals surface area contributed by atoms with E-state index in [1.165, 1.54) is 17.7 Å². The maximum atomic E-state index is 14.2. The Hall–Kier alpha value is -3.06. The number of aryl methyl sites for hydroxylation is 1. The molecule has 0 aromatic heterocycles. The Balaban J connectivity index is 1.60. The molecule has 1 atom stereocenters. The molecular weight excluding hydrogens is 510 g/mol. The Bertz CT molecular complexity index is 1110. The van der Waals surface area contributed by atoms with Crippen LogP contribution in [0.3, 0.4) is 0 Å². The lowest BCUT2D eigenvalue weighted by atomic mass is 9.94. The third-order valence-electron chi connectivity index (χ3n) is 8.91. The summed E-state index contributed by atoms with van der Waals surface area (Å²) in [5.41, 5.74) is 4.55. The fraction of sp³-hybridized carbons (Fsp3) is 0.588. The number of hydrogen-bond donors (Lipinski definition) is 1. The second kappa shape index (κ2) is 15.2. The molecule has 1 unspecified atom stereocenters. The fourth-order valence-electron chi connectivity index (χ4n) is 6.36. The zero-order valence-corrected chi connectivity index (χ0v) is 25.8. The predicted octanol–water partition coefficient (Wildman–Crippen LogP) is 5.26. The Morgan fingerprint density at radius 3 is 2.32 bits per heavy atom. The monoisotopic (exact) mass is 561 g/mol. The minimum atomic E-state index is -0.648. The number of fused-ring (bicyclic) bond motifs is 1. The van der Waals surface area contributed by atoms with E-state index in [-0.39, 0.29) is 17.9 Å². The van der Waals surface area contributed by atoms with Crippen LogP contribution in [0.15, 0.2) is 48.5 Å². The number of rotatable bonds is 13. The number of carbonyl (C=O) groups is 2. The topological polar surface area (TPSA) is 59.1 Å². The van der Waals surface area contributed by atoms with Gasteiger partial charge in [0, 0.05) is 64.1 Å². The van der Waals surface area contributed by atoms with Gasteiger partial charge < -0.3 is 24.9 Å². The van der Waals surface area contributed by atoms with E-state index in [1.807, 2.05) is 43.3 Å². The predicted molar refractivity (Wildman–Crippen MR) is 170 cm³/mol. The first-order chi connectivity index (χ1) is 19.9. The van der Waals surface area contributed by atoms with E-state index in [9.17, 15) is 9.59 Å². The Morgan fingerprint density at radius 2 is 1.63 bits per heavy atom. The lowest BCUT2D eigenvalue weighted by molar-refractivity contribution is -0.141. The second-order valence-corrected chi connectivity index (χ2v) is 11.8. The summed E-state index contributed by atoms with van der Waals surface area (Å²) in [5, 5.41) is 3.36. The number of anilines is 2. The highest BCUT2D eigenvalue weighted by Gasteiger charge is 2.33. The van der Waals surface area contributed by atoms with E-state index in [1.54, 1.807) is 0 Å². The second-order valence-electron chi connectivity index (χ2n) is 11.8. The van der Waals surface area contributed by atoms with E-state index in [4.69, 9.17) is 0 Å². The zero-order chi connectivity index (χ0) is 29.2. The summed E-state index contributed by atoms with van der Waals surface area (Å²) in [4.78, 5) is 36.9. The highest BCUT2D eigenvalue weighted by atomic mass is 16.2. The first-order valence-electron chi connectivity index (χ1n) is 15.8. The summed E-state index contributed by atoms with van der Waals surface area (Å²) in [6, 6.07) is 16.2. The molecule has 0 saturated heterocycles. The molecule has 2 aromatic rings. The summed E-state index contributed by atoms with van der Waals surface area (Å²) >= 11 is 0. The molecular formula is C34H51N5O2. The van der Waals surface area contributed by atoms with Crippen LogP contribution in [-0.2, 0) is 16.0 Å². The van der Waals surface area contributed by atoms with Crippen LogP contribution in [0.5, 0.6) is 0 Å². The van der Waals surface area contributed by atoms with Crippen LogP contribution in [0.2, 0.25) is 0 Å². The van der Waals surface area contributed by atoms with Crippen molar-refractivity contribution in [1.29, 1.82) is 0 Å². The van der Waals surface area contributed by atoms with Crippen molar-refractivity contribution in [2.24, 2.45) is 0 Å². The maximum absolute atomic E-state index is 14.2. The van der Waals surface area contributed by atoms with E-state index in [2.05, 4.69) is 58.1 Å². The number of benzene rings is 2. The molecule has 224 valence electrons. The molecule has 7 heteroatoms. The normalized spacial score (nSPS) is 16.3. The van der Waals surface area contributed by atoms with Crippen LogP contribution in [0.1, 0.15) is 76.0 Å². The summed E-state index contributed by atoms with van der Waals surface area (Å²) in [6.07, 6.45) is 8.12. The van der Waals surface area contributed by atoms with Gasteiger partial charge in [0.05, 0.1) is 0 Å². The maximum Gasteiger partial charge on any atom is 0.247 e. The van der Waals surface area contributed by atoms with Crippen molar-refractivity contribution in [2.75, 3.05) is 63.2 Å². The standard InChI is InChI=1S/C34H51N5O2/c1-5-37(6-2)25-26-39(32(40)22-24-38-23-12-14-27-13-10-11-17-31(27)38)33(28-18-20-30(21-19-28)36(3)4)34(41)35-29-15-8-7-9-16-29/h10-11,13,17-21,29,33H,5-9,12,14-16,22-26H2,1-4H3,(H,35,41). The molecule has 1 aliphatic heterocycles. The molecule has 1 fully saturated rings. The third kappa shape index (κ3) is 8.25. The number of nitrogens with one attached hydrogen (secondary N) is 1. The van der Waals surface area contributed by atoms with Crippen molar-refractivity contribution in [3.8, 4) is 0 Å². The van der Waals surface area contributed by atoms with Gasteiger partial charge in [0.15, 0.2) is 0 Å². The number of carbonyl (C=O) groups excluding carboxylic acids is 2. The van der Waals surface area contributed by atoms with E-state index in [0.717, 1.165) is 76.0 Å². The van der Waals surface area contributed by atoms with Crippen LogP contribution in [-0.4, -0.2) is 81.0 Å². The number of likely N-dealkylation sites (N-methyl/N-ethyl adjacent to an activating group) is 1. The highest BCUT2D eigenvalue weighted by Crippen LogP contribution is 2.29. The van der Waals surface area contributed by atoms with E-state index >= 15 is 0 Å². The summed E-state index contributed by atoms with van der Waals surface area (Å²) in [5.74, 6) is -0.00795. The first kappa shape index (κ1) is 30.9. The molecule has 0 bridgehead atoms. The van der Waals surface area contributed by atoms with E-state index < -0.39 is 6.04 Å². The van der Waals surface area contributed by atoms with Gasteiger partial charge in [0.1, 0.15) is 6.04 Å². The Kier molecular flexibility index (Phi) is 11.5. The van der Waals surface area contributed by atoms with Crippen LogP contribution in [0, 0.1) is 0 Å². The molecule has 1 saturated carbocycles. The Morgan fingerprint density at radius 1 is 0.927 bits per heavy atom. The van der Waals surface area contributed by atoms with Crippen LogP contribution >= 0.6 is 0 Å². The summed E-state index contributed by atoms with van der Waals surface area (Å²) in [6.45, 7) is 9.02. The fourth-order valence-corrected chi connectivity index (χ4v) is 6.36. The van der Waals surface area contributed by atoms with Gasteiger partial charge in [-0.2, -0.15) is 0 Å². The molecule has 1 aliphatic carbocycles.